The molecule has 0 aliphatic heterocycles. The zero-order chi connectivity index (χ0) is 14.2. The summed E-state index contributed by atoms with van der Waals surface area (Å²) < 4.78 is 5.67. The van der Waals surface area contributed by atoms with E-state index in [1.807, 2.05) is 0 Å². The van der Waals surface area contributed by atoms with Crippen LogP contribution < -0.4 is 0 Å². The van der Waals surface area contributed by atoms with Crippen LogP contribution in [0, 0.1) is 5.41 Å². The smallest absolute Gasteiger partial charge is 0.310 e. The first-order chi connectivity index (χ1) is 9.59. The third-order valence-corrected chi connectivity index (χ3v) is 4.38. The summed E-state index contributed by atoms with van der Waals surface area (Å²) in [6.07, 6.45) is 4.77. The molecule has 0 radical (unpaired) electrons. The SMILES string of the molecule is O=C(O)C1(Cc2nc3cc(Cl)ccc3o2)CCCCC1. The van der Waals surface area contributed by atoms with Crippen molar-refractivity contribution in [1.29, 1.82) is 0 Å². The van der Waals surface area contributed by atoms with Gasteiger partial charge in [0, 0.05) is 11.4 Å². The maximum absolute atomic E-state index is 11.7. The minimum atomic E-state index is -0.738. The van der Waals surface area contributed by atoms with Crippen LogP contribution in [0.5, 0.6) is 0 Å². The second-order valence-electron chi connectivity index (χ2n) is 5.54. The normalized spacial score (nSPS) is 18.2. The molecule has 0 amide bonds. The van der Waals surface area contributed by atoms with E-state index in [4.69, 9.17) is 16.0 Å². The van der Waals surface area contributed by atoms with Gasteiger partial charge in [-0.05, 0) is 31.0 Å². The Bertz CT molecular complexity index is 644. The molecule has 1 aromatic carbocycles. The number of rotatable bonds is 3. The van der Waals surface area contributed by atoms with Gasteiger partial charge in [-0.1, -0.05) is 30.9 Å². The molecule has 0 spiro atoms. The number of oxazole rings is 1. The van der Waals surface area contributed by atoms with Gasteiger partial charge in [-0.2, -0.15) is 0 Å². The fourth-order valence-electron chi connectivity index (χ4n) is 3.01. The number of carboxylic acid groups (broad SMARTS) is 1. The number of benzene rings is 1. The number of hydrogen-bond acceptors (Lipinski definition) is 3. The molecule has 20 heavy (non-hydrogen) atoms. The summed E-state index contributed by atoms with van der Waals surface area (Å²) in [5, 5.41) is 10.2. The standard InChI is InChI=1S/C15H16ClNO3/c16-10-4-5-12-11(8-10)17-13(20-12)9-15(14(18)19)6-2-1-3-7-15/h4-5,8H,1-3,6-7,9H2,(H,18,19). The number of halogens is 1. The van der Waals surface area contributed by atoms with Crippen LogP contribution in [-0.4, -0.2) is 16.1 Å². The van der Waals surface area contributed by atoms with E-state index in [1.165, 1.54) is 0 Å². The fraction of sp³-hybridized carbons (Fsp3) is 0.467. The van der Waals surface area contributed by atoms with Gasteiger partial charge in [-0.3, -0.25) is 4.79 Å². The van der Waals surface area contributed by atoms with Gasteiger partial charge in [0.05, 0.1) is 5.41 Å². The zero-order valence-corrected chi connectivity index (χ0v) is 11.8. The molecule has 1 fully saturated rings. The van der Waals surface area contributed by atoms with Crippen LogP contribution in [0.15, 0.2) is 22.6 Å². The van der Waals surface area contributed by atoms with Crippen molar-refractivity contribution in [3.05, 3.63) is 29.1 Å². The van der Waals surface area contributed by atoms with E-state index >= 15 is 0 Å². The molecule has 4 nitrogen and oxygen atoms in total. The van der Waals surface area contributed by atoms with Gasteiger partial charge in [0.2, 0.25) is 0 Å². The number of carboxylic acids is 1. The Morgan fingerprint density at radius 2 is 2.10 bits per heavy atom. The maximum atomic E-state index is 11.7. The Morgan fingerprint density at radius 3 is 2.80 bits per heavy atom. The predicted octanol–water partition coefficient (Wildman–Crippen LogP) is 4.06. The number of hydrogen-bond donors (Lipinski definition) is 1. The van der Waals surface area contributed by atoms with Crippen LogP contribution in [0.4, 0.5) is 0 Å². The average Bonchev–Trinajstić information content (AvgIpc) is 2.80. The summed E-state index contributed by atoms with van der Waals surface area (Å²) in [6.45, 7) is 0. The van der Waals surface area contributed by atoms with Gasteiger partial charge >= 0.3 is 5.97 Å². The molecule has 0 bridgehead atoms. The van der Waals surface area contributed by atoms with Crippen LogP contribution in [-0.2, 0) is 11.2 Å². The average molecular weight is 294 g/mol. The van der Waals surface area contributed by atoms with E-state index in [0.717, 1.165) is 19.3 Å². The van der Waals surface area contributed by atoms with Crippen LogP contribution in [0.1, 0.15) is 38.0 Å². The molecule has 1 heterocycles. The Kier molecular flexibility index (Phi) is 3.42. The predicted molar refractivity (Wildman–Crippen MR) is 75.9 cm³/mol. The highest BCUT2D eigenvalue weighted by molar-refractivity contribution is 6.31. The molecule has 106 valence electrons. The minimum Gasteiger partial charge on any atom is -0.481 e. The number of nitrogens with zero attached hydrogens (tertiary/aromatic N) is 1. The fourth-order valence-corrected chi connectivity index (χ4v) is 3.17. The minimum absolute atomic E-state index is 0.356. The van der Waals surface area contributed by atoms with Crippen molar-refractivity contribution < 1.29 is 14.3 Å². The van der Waals surface area contributed by atoms with Crippen molar-refractivity contribution in [2.75, 3.05) is 0 Å². The van der Waals surface area contributed by atoms with Gasteiger partial charge in [-0.25, -0.2) is 4.98 Å². The Hall–Kier alpha value is -1.55. The summed E-state index contributed by atoms with van der Waals surface area (Å²) in [6, 6.07) is 5.24. The van der Waals surface area contributed by atoms with Crippen molar-refractivity contribution in [2.24, 2.45) is 5.41 Å². The monoisotopic (exact) mass is 293 g/mol. The molecule has 1 aliphatic rings. The van der Waals surface area contributed by atoms with Crippen LogP contribution in [0.3, 0.4) is 0 Å². The highest BCUT2D eigenvalue weighted by Crippen LogP contribution is 2.39. The van der Waals surface area contributed by atoms with E-state index in [9.17, 15) is 9.90 Å². The molecule has 0 unspecified atom stereocenters. The summed E-state index contributed by atoms with van der Waals surface area (Å²) in [7, 11) is 0. The van der Waals surface area contributed by atoms with E-state index in [-0.39, 0.29) is 0 Å². The van der Waals surface area contributed by atoms with Crippen molar-refractivity contribution >= 4 is 28.7 Å². The number of aliphatic carboxylic acids is 1. The lowest BCUT2D eigenvalue weighted by Gasteiger charge is -2.31. The third-order valence-electron chi connectivity index (χ3n) is 4.15. The highest BCUT2D eigenvalue weighted by Gasteiger charge is 2.41. The first-order valence-electron chi connectivity index (χ1n) is 6.87. The first kappa shape index (κ1) is 13.4. The lowest BCUT2D eigenvalue weighted by atomic mass is 9.72. The highest BCUT2D eigenvalue weighted by atomic mass is 35.5. The summed E-state index contributed by atoms with van der Waals surface area (Å²) in [4.78, 5) is 16.0. The first-order valence-corrected chi connectivity index (χ1v) is 7.25. The van der Waals surface area contributed by atoms with E-state index < -0.39 is 11.4 Å². The van der Waals surface area contributed by atoms with Gasteiger partial charge in [0.25, 0.3) is 0 Å². The quantitative estimate of drug-likeness (QED) is 0.927. The van der Waals surface area contributed by atoms with Crippen LogP contribution >= 0.6 is 11.6 Å². The van der Waals surface area contributed by atoms with E-state index in [0.29, 0.717) is 41.3 Å². The summed E-state index contributed by atoms with van der Waals surface area (Å²) >= 11 is 5.92. The maximum Gasteiger partial charge on any atom is 0.310 e. The molecule has 1 aliphatic carbocycles. The summed E-state index contributed by atoms with van der Waals surface area (Å²) in [5.74, 6) is -0.246. The van der Waals surface area contributed by atoms with Crippen molar-refractivity contribution in [2.45, 2.75) is 38.5 Å². The largest absolute Gasteiger partial charge is 0.481 e. The number of fused-ring (bicyclic) bond motifs is 1. The molecule has 1 saturated carbocycles. The second-order valence-corrected chi connectivity index (χ2v) is 5.98. The molecular formula is C15H16ClNO3. The molecular weight excluding hydrogens is 278 g/mol. The van der Waals surface area contributed by atoms with Crippen molar-refractivity contribution in [3.8, 4) is 0 Å². The topological polar surface area (TPSA) is 63.3 Å². The van der Waals surface area contributed by atoms with Gasteiger partial charge < -0.3 is 9.52 Å². The Balaban J connectivity index is 1.92. The van der Waals surface area contributed by atoms with Gasteiger partial charge in [0.15, 0.2) is 11.5 Å². The number of aromatic nitrogens is 1. The lowest BCUT2D eigenvalue weighted by molar-refractivity contribution is -0.151. The molecule has 0 saturated heterocycles. The number of carbonyl (C=O) groups is 1. The molecule has 0 atom stereocenters. The van der Waals surface area contributed by atoms with Crippen LogP contribution in [0.2, 0.25) is 5.02 Å². The van der Waals surface area contributed by atoms with Crippen molar-refractivity contribution in [1.82, 2.24) is 4.98 Å². The third kappa shape index (κ3) is 2.40. The summed E-state index contributed by atoms with van der Waals surface area (Å²) in [5.41, 5.74) is 0.618. The van der Waals surface area contributed by atoms with Gasteiger partial charge in [0.1, 0.15) is 5.52 Å². The Labute approximate surface area is 121 Å². The van der Waals surface area contributed by atoms with Crippen LogP contribution in [0.25, 0.3) is 11.1 Å². The molecule has 5 heteroatoms. The Morgan fingerprint density at radius 1 is 1.35 bits per heavy atom. The second kappa shape index (κ2) is 5.09. The van der Waals surface area contributed by atoms with Gasteiger partial charge in [-0.15, -0.1) is 0 Å². The molecule has 2 aromatic rings. The molecule has 3 rings (SSSR count). The molecule has 1 aromatic heterocycles. The van der Waals surface area contributed by atoms with Crippen molar-refractivity contribution in [3.63, 3.8) is 0 Å². The zero-order valence-electron chi connectivity index (χ0n) is 11.1. The lowest BCUT2D eigenvalue weighted by Crippen LogP contribution is -2.35. The van der Waals surface area contributed by atoms with E-state index in [2.05, 4.69) is 4.98 Å². The van der Waals surface area contributed by atoms with E-state index in [1.54, 1.807) is 18.2 Å². The molecule has 1 N–H and O–H groups in total.